The first kappa shape index (κ1) is 20.4. The molecule has 1 aliphatic heterocycles. The summed E-state index contributed by atoms with van der Waals surface area (Å²) in [6, 6.07) is 14.6. The molecule has 158 valence electrons. The summed E-state index contributed by atoms with van der Waals surface area (Å²) >= 11 is 0. The average molecular weight is 418 g/mol. The molecule has 1 aliphatic rings. The molecule has 2 atom stereocenters. The Morgan fingerprint density at radius 3 is 2.74 bits per heavy atom. The van der Waals surface area contributed by atoms with Crippen LogP contribution in [0.4, 0.5) is 0 Å². The second-order valence-electron chi connectivity index (χ2n) is 7.39. The van der Waals surface area contributed by atoms with Gasteiger partial charge in [0, 0.05) is 24.4 Å². The molecule has 8 nitrogen and oxygen atoms in total. The number of carbonyl (C=O) groups is 1. The van der Waals surface area contributed by atoms with Crippen LogP contribution < -0.4 is 9.47 Å². The lowest BCUT2D eigenvalue weighted by Gasteiger charge is -2.25. The summed E-state index contributed by atoms with van der Waals surface area (Å²) in [6.45, 7) is 2.47. The monoisotopic (exact) mass is 418 g/mol. The molecule has 0 radical (unpaired) electrons. The highest BCUT2D eigenvalue weighted by atomic mass is 16.5. The molecule has 1 amide bonds. The van der Waals surface area contributed by atoms with E-state index in [4.69, 9.17) is 19.3 Å². The third-order valence-electron chi connectivity index (χ3n) is 5.56. The van der Waals surface area contributed by atoms with Gasteiger partial charge in [0.05, 0.1) is 31.9 Å². The van der Waals surface area contributed by atoms with E-state index in [1.54, 1.807) is 32.4 Å². The Bertz CT molecular complexity index is 1150. The Kier molecular flexibility index (Phi) is 5.58. The molecule has 0 bridgehead atoms. The van der Waals surface area contributed by atoms with Crippen LogP contribution in [0.15, 0.2) is 47.0 Å². The van der Waals surface area contributed by atoms with Crippen molar-refractivity contribution >= 4 is 5.91 Å². The smallest absolute Gasteiger partial charge is 0.257 e. The van der Waals surface area contributed by atoms with Crippen molar-refractivity contribution in [1.82, 2.24) is 15.0 Å². The van der Waals surface area contributed by atoms with Gasteiger partial charge < -0.3 is 18.9 Å². The maximum absolute atomic E-state index is 12.8. The maximum Gasteiger partial charge on any atom is 0.257 e. The van der Waals surface area contributed by atoms with E-state index in [1.165, 1.54) is 0 Å². The molecule has 4 rings (SSSR count). The third-order valence-corrected chi connectivity index (χ3v) is 5.56. The SMILES string of the molecule is COc1ccc(C(C)N2CC(c3noc(-c4cccc(C#N)c4)n3)CC2=O)cc1OC. The Hall–Kier alpha value is -3.86. The highest BCUT2D eigenvalue weighted by Crippen LogP contribution is 2.36. The average Bonchev–Trinajstić information content (AvgIpc) is 3.45. The second kappa shape index (κ2) is 8.48. The topological polar surface area (TPSA) is 101 Å². The molecule has 1 saturated heterocycles. The van der Waals surface area contributed by atoms with Gasteiger partial charge in [-0.05, 0) is 42.8 Å². The summed E-state index contributed by atoms with van der Waals surface area (Å²) in [4.78, 5) is 19.1. The van der Waals surface area contributed by atoms with Gasteiger partial charge >= 0.3 is 0 Å². The lowest BCUT2D eigenvalue weighted by atomic mass is 10.1. The highest BCUT2D eigenvalue weighted by molar-refractivity contribution is 5.80. The predicted molar refractivity (Wildman–Crippen MR) is 111 cm³/mol. The number of benzene rings is 2. The van der Waals surface area contributed by atoms with E-state index >= 15 is 0 Å². The largest absolute Gasteiger partial charge is 0.493 e. The van der Waals surface area contributed by atoms with Crippen LogP contribution in [0, 0.1) is 11.3 Å². The summed E-state index contributed by atoms with van der Waals surface area (Å²) in [7, 11) is 3.18. The number of likely N-dealkylation sites (tertiary alicyclic amines) is 1. The molecule has 3 aromatic rings. The fourth-order valence-corrected chi connectivity index (χ4v) is 3.81. The van der Waals surface area contributed by atoms with Crippen LogP contribution in [0.2, 0.25) is 0 Å². The molecule has 2 heterocycles. The van der Waals surface area contributed by atoms with E-state index in [9.17, 15) is 4.79 Å². The quantitative estimate of drug-likeness (QED) is 0.601. The molecule has 1 fully saturated rings. The normalized spacial score (nSPS) is 16.8. The fourth-order valence-electron chi connectivity index (χ4n) is 3.81. The van der Waals surface area contributed by atoms with Gasteiger partial charge in [0.1, 0.15) is 0 Å². The van der Waals surface area contributed by atoms with Crippen LogP contribution in [0.1, 0.15) is 42.3 Å². The molecular formula is C23H22N4O4. The number of ether oxygens (including phenoxy) is 2. The molecule has 2 unspecified atom stereocenters. The first-order valence-electron chi connectivity index (χ1n) is 9.89. The molecule has 31 heavy (non-hydrogen) atoms. The van der Waals surface area contributed by atoms with Gasteiger partial charge in [-0.15, -0.1) is 0 Å². The van der Waals surface area contributed by atoms with Gasteiger partial charge in [-0.1, -0.05) is 17.3 Å². The van der Waals surface area contributed by atoms with Crippen molar-refractivity contribution in [1.29, 1.82) is 5.26 Å². The van der Waals surface area contributed by atoms with Gasteiger partial charge in [0.15, 0.2) is 17.3 Å². The Labute approximate surface area is 180 Å². The number of nitrogens with zero attached hydrogens (tertiary/aromatic N) is 4. The van der Waals surface area contributed by atoms with E-state index in [0.717, 1.165) is 5.56 Å². The number of nitriles is 1. The molecule has 0 N–H and O–H groups in total. The lowest BCUT2D eigenvalue weighted by Crippen LogP contribution is -2.28. The zero-order valence-electron chi connectivity index (χ0n) is 17.5. The van der Waals surface area contributed by atoms with Crippen molar-refractivity contribution in [3.05, 3.63) is 59.4 Å². The minimum absolute atomic E-state index is 0.0325. The van der Waals surface area contributed by atoms with Crippen molar-refractivity contribution in [3.63, 3.8) is 0 Å². The molecule has 2 aromatic carbocycles. The second-order valence-corrected chi connectivity index (χ2v) is 7.39. The summed E-state index contributed by atoms with van der Waals surface area (Å²) in [5.74, 6) is 1.97. The summed E-state index contributed by atoms with van der Waals surface area (Å²) in [5, 5.41) is 13.2. The van der Waals surface area contributed by atoms with Gasteiger partial charge in [-0.3, -0.25) is 4.79 Å². The number of hydrogen-bond acceptors (Lipinski definition) is 7. The molecule has 0 aliphatic carbocycles. The van der Waals surface area contributed by atoms with Crippen LogP contribution in [0.5, 0.6) is 11.5 Å². The third kappa shape index (κ3) is 3.94. The Morgan fingerprint density at radius 2 is 2.00 bits per heavy atom. The molecule has 8 heteroatoms. The molecule has 0 saturated carbocycles. The Balaban J connectivity index is 1.52. The minimum Gasteiger partial charge on any atom is -0.493 e. The molecular weight excluding hydrogens is 396 g/mol. The number of carbonyl (C=O) groups excluding carboxylic acids is 1. The van der Waals surface area contributed by atoms with E-state index in [2.05, 4.69) is 16.2 Å². The highest BCUT2D eigenvalue weighted by Gasteiger charge is 2.36. The van der Waals surface area contributed by atoms with E-state index < -0.39 is 0 Å². The van der Waals surface area contributed by atoms with Crippen molar-refractivity contribution in [3.8, 4) is 29.0 Å². The van der Waals surface area contributed by atoms with Crippen molar-refractivity contribution in [2.75, 3.05) is 20.8 Å². The van der Waals surface area contributed by atoms with Gasteiger partial charge in [-0.25, -0.2) is 0 Å². The lowest BCUT2D eigenvalue weighted by molar-refractivity contribution is -0.129. The van der Waals surface area contributed by atoms with Crippen LogP contribution >= 0.6 is 0 Å². The first-order valence-corrected chi connectivity index (χ1v) is 9.89. The standard InChI is InChI=1S/C23H22N4O4/c1-14(16-7-8-19(29-2)20(10-16)30-3)27-13-18(11-21(27)28)22-25-23(31-26-22)17-6-4-5-15(9-17)12-24/h4-10,14,18H,11,13H2,1-3H3. The molecule has 0 spiro atoms. The van der Waals surface area contributed by atoms with E-state index in [-0.39, 0.29) is 17.9 Å². The number of rotatable bonds is 6. The van der Waals surface area contributed by atoms with Gasteiger partial charge in [0.2, 0.25) is 5.91 Å². The zero-order valence-corrected chi connectivity index (χ0v) is 17.5. The summed E-state index contributed by atoms with van der Waals surface area (Å²) in [5.41, 5.74) is 2.15. The molecule has 1 aromatic heterocycles. The number of hydrogen-bond donors (Lipinski definition) is 0. The fraction of sp³-hybridized carbons (Fsp3) is 0.304. The van der Waals surface area contributed by atoms with Gasteiger partial charge in [0.25, 0.3) is 5.89 Å². The first-order chi connectivity index (χ1) is 15.0. The van der Waals surface area contributed by atoms with Crippen LogP contribution in [-0.2, 0) is 4.79 Å². The van der Waals surface area contributed by atoms with Crippen LogP contribution in [0.25, 0.3) is 11.5 Å². The van der Waals surface area contributed by atoms with Crippen LogP contribution in [-0.4, -0.2) is 41.7 Å². The summed E-state index contributed by atoms with van der Waals surface area (Å²) < 4.78 is 16.1. The van der Waals surface area contributed by atoms with Crippen LogP contribution in [0.3, 0.4) is 0 Å². The van der Waals surface area contributed by atoms with E-state index in [1.807, 2.05) is 36.1 Å². The number of methoxy groups -OCH3 is 2. The number of amides is 1. The van der Waals surface area contributed by atoms with Crippen molar-refractivity contribution in [2.24, 2.45) is 0 Å². The van der Waals surface area contributed by atoms with Crippen molar-refractivity contribution < 1.29 is 18.8 Å². The van der Waals surface area contributed by atoms with Crippen molar-refractivity contribution in [2.45, 2.75) is 25.3 Å². The zero-order chi connectivity index (χ0) is 22.0. The minimum atomic E-state index is -0.160. The number of aromatic nitrogens is 2. The Morgan fingerprint density at radius 1 is 1.19 bits per heavy atom. The summed E-state index contributed by atoms with van der Waals surface area (Å²) in [6.07, 6.45) is 0.314. The van der Waals surface area contributed by atoms with E-state index in [0.29, 0.717) is 47.3 Å². The van der Waals surface area contributed by atoms with Gasteiger partial charge in [-0.2, -0.15) is 10.2 Å². The predicted octanol–water partition coefficient (Wildman–Crippen LogP) is 3.70. The maximum atomic E-state index is 12.8.